The van der Waals surface area contributed by atoms with Crippen molar-refractivity contribution in [1.29, 1.82) is 0 Å². The van der Waals surface area contributed by atoms with E-state index < -0.39 is 0 Å². The van der Waals surface area contributed by atoms with Crippen LogP contribution in [0, 0.1) is 5.92 Å². The molecule has 2 heterocycles. The molecular weight excluding hydrogens is 212 g/mol. The zero-order chi connectivity index (χ0) is 12.0. The molecule has 3 nitrogen and oxygen atoms in total. The van der Waals surface area contributed by atoms with Crippen molar-refractivity contribution in [2.75, 3.05) is 13.1 Å². The second-order valence-electron chi connectivity index (χ2n) is 6.58. The number of nitrogens with two attached hydrogens (primary N) is 1. The number of ether oxygens (including phenoxy) is 1. The van der Waals surface area contributed by atoms with Crippen molar-refractivity contribution in [3.05, 3.63) is 0 Å². The predicted octanol–water partition coefficient (Wildman–Crippen LogP) is 1.76. The molecule has 1 aliphatic carbocycles. The molecule has 3 heteroatoms. The molecule has 0 aromatic carbocycles. The van der Waals surface area contributed by atoms with E-state index in [0.717, 1.165) is 31.3 Å². The van der Waals surface area contributed by atoms with E-state index in [0.29, 0.717) is 12.2 Å². The molecule has 2 aliphatic heterocycles. The van der Waals surface area contributed by atoms with Crippen molar-refractivity contribution in [1.82, 2.24) is 4.90 Å². The van der Waals surface area contributed by atoms with Gasteiger partial charge >= 0.3 is 0 Å². The molecule has 2 bridgehead atoms. The highest BCUT2D eigenvalue weighted by atomic mass is 16.5. The van der Waals surface area contributed by atoms with Gasteiger partial charge in [-0.05, 0) is 51.9 Å². The molecule has 0 radical (unpaired) electrons. The van der Waals surface area contributed by atoms with Crippen molar-refractivity contribution in [2.24, 2.45) is 11.7 Å². The number of rotatable bonds is 2. The van der Waals surface area contributed by atoms with Gasteiger partial charge in [0.2, 0.25) is 0 Å². The second-order valence-corrected chi connectivity index (χ2v) is 6.58. The Labute approximate surface area is 105 Å². The number of likely N-dealkylation sites (tertiary alicyclic amines) is 1. The molecule has 98 valence electrons. The van der Waals surface area contributed by atoms with Gasteiger partial charge in [-0.1, -0.05) is 0 Å². The van der Waals surface area contributed by atoms with Gasteiger partial charge in [0, 0.05) is 24.7 Å². The van der Waals surface area contributed by atoms with Crippen LogP contribution in [-0.2, 0) is 4.74 Å². The molecule has 3 fully saturated rings. The van der Waals surface area contributed by atoms with E-state index in [9.17, 15) is 0 Å². The molecule has 2 saturated heterocycles. The Morgan fingerprint density at radius 3 is 2.41 bits per heavy atom. The second kappa shape index (κ2) is 4.22. The first-order valence-corrected chi connectivity index (χ1v) is 7.25. The first kappa shape index (κ1) is 11.9. The van der Waals surface area contributed by atoms with E-state index in [-0.39, 0.29) is 5.54 Å². The first-order valence-electron chi connectivity index (χ1n) is 7.25. The first-order chi connectivity index (χ1) is 8.13. The fourth-order valence-electron chi connectivity index (χ4n) is 4.67. The lowest BCUT2D eigenvalue weighted by Crippen LogP contribution is -2.61. The van der Waals surface area contributed by atoms with Crippen LogP contribution in [0.25, 0.3) is 0 Å². The Bertz CT molecular complexity index is 284. The Morgan fingerprint density at radius 2 is 1.94 bits per heavy atom. The maximum Gasteiger partial charge on any atom is 0.0568 e. The van der Waals surface area contributed by atoms with Crippen molar-refractivity contribution in [2.45, 2.75) is 69.7 Å². The minimum atomic E-state index is 0.233. The van der Waals surface area contributed by atoms with Gasteiger partial charge < -0.3 is 10.5 Å². The smallest absolute Gasteiger partial charge is 0.0568 e. The summed E-state index contributed by atoms with van der Waals surface area (Å²) in [6.45, 7) is 6.50. The average Bonchev–Trinajstić information content (AvgIpc) is 2.89. The van der Waals surface area contributed by atoms with E-state index in [1.54, 1.807) is 0 Å². The van der Waals surface area contributed by atoms with Crippen LogP contribution in [0.1, 0.15) is 46.0 Å². The van der Waals surface area contributed by atoms with Crippen LogP contribution in [0.3, 0.4) is 0 Å². The summed E-state index contributed by atoms with van der Waals surface area (Å²) in [4.78, 5) is 2.76. The van der Waals surface area contributed by atoms with Crippen LogP contribution in [-0.4, -0.2) is 41.8 Å². The van der Waals surface area contributed by atoms with Crippen LogP contribution in [0.2, 0.25) is 0 Å². The third-order valence-electron chi connectivity index (χ3n) is 5.20. The van der Waals surface area contributed by atoms with Gasteiger partial charge in [0.1, 0.15) is 0 Å². The largest absolute Gasteiger partial charge is 0.375 e. The van der Waals surface area contributed by atoms with Gasteiger partial charge in [-0.25, -0.2) is 0 Å². The highest BCUT2D eigenvalue weighted by Crippen LogP contribution is 2.45. The summed E-state index contributed by atoms with van der Waals surface area (Å²) in [6.07, 6.45) is 7.24. The number of fused-ring (bicyclic) bond motifs is 2. The quantitative estimate of drug-likeness (QED) is 0.796. The van der Waals surface area contributed by atoms with E-state index >= 15 is 0 Å². The minimum absolute atomic E-state index is 0.233. The van der Waals surface area contributed by atoms with E-state index in [1.807, 2.05) is 0 Å². The van der Waals surface area contributed by atoms with Crippen molar-refractivity contribution < 1.29 is 4.74 Å². The SMILES string of the molecule is CC1CC(CN)(N2CC3CCC2C3)CC(C)O1. The van der Waals surface area contributed by atoms with E-state index in [1.165, 1.54) is 25.8 Å². The van der Waals surface area contributed by atoms with Crippen LogP contribution in [0.4, 0.5) is 0 Å². The van der Waals surface area contributed by atoms with Crippen LogP contribution in [0.5, 0.6) is 0 Å². The lowest BCUT2D eigenvalue weighted by molar-refractivity contribution is -0.109. The van der Waals surface area contributed by atoms with Gasteiger partial charge in [-0.2, -0.15) is 0 Å². The molecule has 17 heavy (non-hydrogen) atoms. The normalized spacial score (nSPS) is 51.0. The molecule has 0 amide bonds. The summed E-state index contributed by atoms with van der Waals surface area (Å²) in [5.74, 6) is 0.955. The van der Waals surface area contributed by atoms with Crippen molar-refractivity contribution >= 4 is 0 Å². The summed E-state index contributed by atoms with van der Waals surface area (Å²) in [5.41, 5.74) is 6.41. The third kappa shape index (κ3) is 1.92. The highest BCUT2D eigenvalue weighted by Gasteiger charge is 2.50. The van der Waals surface area contributed by atoms with Crippen LogP contribution >= 0.6 is 0 Å². The van der Waals surface area contributed by atoms with Crippen molar-refractivity contribution in [3.8, 4) is 0 Å². The standard InChI is InChI=1S/C14H26N2O/c1-10-6-14(9-15,7-11(2)17-10)16-8-12-3-4-13(16)5-12/h10-13H,3-9,15H2,1-2H3. The fourth-order valence-corrected chi connectivity index (χ4v) is 4.67. The Morgan fingerprint density at radius 1 is 1.24 bits per heavy atom. The van der Waals surface area contributed by atoms with Gasteiger partial charge in [0.15, 0.2) is 0 Å². The Balaban J connectivity index is 1.81. The number of hydrogen-bond donors (Lipinski definition) is 1. The number of piperidine rings is 1. The number of nitrogens with zero attached hydrogens (tertiary/aromatic N) is 1. The summed E-state index contributed by atoms with van der Waals surface area (Å²) in [7, 11) is 0. The molecule has 3 aliphatic rings. The molecule has 2 N–H and O–H groups in total. The average molecular weight is 238 g/mol. The van der Waals surface area contributed by atoms with E-state index in [4.69, 9.17) is 10.5 Å². The summed E-state index contributed by atoms with van der Waals surface area (Å²) >= 11 is 0. The predicted molar refractivity (Wildman–Crippen MR) is 68.9 cm³/mol. The summed E-state index contributed by atoms with van der Waals surface area (Å²) < 4.78 is 5.90. The zero-order valence-corrected chi connectivity index (χ0v) is 11.2. The van der Waals surface area contributed by atoms with Crippen LogP contribution < -0.4 is 5.73 Å². The molecule has 4 atom stereocenters. The third-order valence-corrected chi connectivity index (χ3v) is 5.20. The number of hydrogen-bond acceptors (Lipinski definition) is 3. The van der Waals surface area contributed by atoms with Crippen LogP contribution in [0.15, 0.2) is 0 Å². The molecule has 0 aromatic rings. The monoisotopic (exact) mass is 238 g/mol. The van der Waals surface area contributed by atoms with Gasteiger partial charge in [-0.15, -0.1) is 0 Å². The fraction of sp³-hybridized carbons (Fsp3) is 1.00. The highest BCUT2D eigenvalue weighted by molar-refractivity contribution is 5.05. The Kier molecular flexibility index (Phi) is 2.96. The van der Waals surface area contributed by atoms with E-state index in [2.05, 4.69) is 18.7 Å². The molecule has 0 spiro atoms. The summed E-state index contributed by atoms with van der Waals surface area (Å²) in [5, 5.41) is 0. The molecular formula is C14H26N2O. The minimum Gasteiger partial charge on any atom is -0.375 e. The molecule has 0 aromatic heterocycles. The molecule has 4 unspecified atom stereocenters. The maximum atomic E-state index is 6.18. The zero-order valence-electron chi connectivity index (χ0n) is 11.2. The van der Waals surface area contributed by atoms with Gasteiger partial charge in [0.25, 0.3) is 0 Å². The van der Waals surface area contributed by atoms with Gasteiger partial charge in [-0.3, -0.25) is 4.90 Å². The summed E-state index contributed by atoms with van der Waals surface area (Å²) in [6, 6.07) is 0.820. The lowest BCUT2D eigenvalue weighted by Gasteiger charge is -2.51. The topological polar surface area (TPSA) is 38.5 Å². The maximum absolute atomic E-state index is 6.18. The molecule has 3 rings (SSSR count). The van der Waals surface area contributed by atoms with Crippen molar-refractivity contribution in [3.63, 3.8) is 0 Å². The Hall–Kier alpha value is -0.120. The lowest BCUT2D eigenvalue weighted by atomic mass is 9.81. The van der Waals surface area contributed by atoms with Gasteiger partial charge in [0.05, 0.1) is 12.2 Å². The molecule has 1 saturated carbocycles.